The second-order valence-corrected chi connectivity index (χ2v) is 7.85. The summed E-state index contributed by atoms with van der Waals surface area (Å²) in [4.78, 5) is 21.2. The van der Waals surface area contributed by atoms with Gasteiger partial charge in [-0.3, -0.25) is 4.79 Å². The van der Waals surface area contributed by atoms with Gasteiger partial charge in [-0.05, 0) is 36.3 Å². The van der Waals surface area contributed by atoms with Crippen molar-refractivity contribution >= 4 is 35.2 Å². The molecular formula is C25H23N7O. The van der Waals surface area contributed by atoms with Crippen molar-refractivity contribution in [3.8, 4) is 0 Å². The predicted octanol–water partition coefficient (Wildman–Crippen LogP) is 4.46. The number of anilines is 3. The lowest BCUT2D eigenvalue weighted by atomic mass is 10.1. The topological polar surface area (TPSA) is 96.2 Å². The van der Waals surface area contributed by atoms with Crippen molar-refractivity contribution in [3.05, 3.63) is 95.8 Å². The summed E-state index contributed by atoms with van der Waals surface area (Å²) in [7, 11) is 0. The average molecular weight is 438 g/mol. The third kappa shape index (κ3) is 4.31. The molecule has 1 atom stereocenters. The number of hydrogen-bond donors (Lipinski definition) is 3. The van der Waals surface area contributed by atoms with E-state index >= 15 is 0 Å². The van der Waals surface area contributed by atoms with Gasteiger partial charge in [-0.15, -0.1) is 0 Å². The Bertz CT molecular complexity index is 1360. The molecule has 5 rings (SSSR count). The first-order chi connectivity index (χ1) is 16.1. The van der Waals surface area contributed by atoms with Gasteiger partial charge in [0.15, 0.2) is 5.65 Å². The number of para-hydroxylation sites is 1. The van der Waals surface area contributed by atoms with Crippen LogP contribution in [0.3, 0.4) is 0 Å². The van der Waals surface area contributed by atoms with Crippen molar-refractivity contribution in [1.82, 2.24) is 24.9 Å². The highest BCUT2D eigenvalue weighted by molar-refractivity contribution is 5.89. The molecule has 0 spiro atoms. The van der Waals surface area contributed by atoms with Crippen LogP contribution in [0.1, 0.15) is 30.5 Å². The molecule has 3 heterocycles. The minimum Gasteiger partial charge on any atom is -0.348 e. The zero-order valence-corrected chi connectivity index (χ0v) is 18.1. The van der Waals surface area contributed by atoms with Crippen LogP contribution in [0.15, 0.2) is 84.7 Å². The summed E-state index contributed by atoms with van der Waals surface area (Å²) in [6.45, 7) is 5.99. The van der Waals surface area contributed by atoms with E-state index in [1.54, 1.807) is 10.7 Å². The normalized spacial score (nSPS) is 15.6. The highest BCUT2D eigenvalue weighted by Gasteiger charge is 2.20. The number of benzene rings is 2. The van der Waals surface area contributed by atoms with E-state index in [0.717, 1.165) is 22.4 Å². The number of hydrogen-bond acceptors (Lipinski definition) is 6. The van der Waals surface area contributed by atoms with E-state index in [-0.39, 0.29) is 18.4 Å². The molecule has 0 aliphatic carbocycles. The number of allylic oxidation sites excluding steroid dienone is 1. The number of carbonyl (C=O) groups is 1. The fraction of sp³-hybridized carbons (Fsp3) is 0.120. The summed E-state index contributed by atoms with van der Waals surface area (Å²) >= 11 is 0. The summed E-state index contributed by atoms with van der Waals surface area (Å²) in [5, 5.41) is 14.0. The molecule has 0 radical (unpaired) electrons. The molecule has 2 aromatic heterocycles. The minimum atomic E-state index is -0.0668. The average Bonchev–Trinajstić information content (AvgIpc) is 3.37. The maximum absolute atomic E-state index is 11.7. The van der Waals surface area contributed by atoms with Crippen molar-refractivity contribution in [3.63, 3.8) is 0 Å². The second kappa shape index (κ2) is 8.58. The summed E-state index contributed by atoms with van der Waals surface area (Å²) in [6, 6.07) is 19.9. The minimum absolute atomic E-state index is 0.000572. The summed E-state index contributed by atoms with van der Waals surface area (Å²) < 4.78 is 1.66. The van der Waals surface area contributed by atoms with Gasteiger partial charge in [0.05, 0.1) is 18.7 Å². The number of aromatic nitrogens is 4. The number of rotatable bonds is 6. The number of nitrogens with zero attached hydrogens (tertiary/aromatic N) is 4. The Morgan fingerprint density at radius 2 is 1.82 bits per heavy atom. The number of nitrogens with one attached hydrogen (secondary N) is 3. The molecule has 3 N–H and O–H groups in total. The molecule has 1 aliphatic rings. The van der Waals surface area contributed by atoms with Crippen molar-refractivity contribution in [1.29, 1.82) is 0 Å². The molecule has 8 heteroatoms. The molecule has 0 unspecified atom stereocenters. The van der Waals surface area contributed by atoms with Crippen LogP contribution in [0.4, 0.5) is 17.6 Å². The highest BCUT2D eigenvalue weighted by atomic mass is 16.1. The van der Waals surface area contributed by atoms with E-state index in [4.69, 9.17) is 9.97 Å². The lowest BCUT2D eigenvalue weighted by Gasteiger charge is -2.16. The molecule has 2 aromatic carbocycles. The Morgan fingerprint density at radius 1 is 1.09 bits per heavy atom. The first-order valence-electron chi connectivity index (χ1n) is 10.7. The van der Waals surface area contributed by atoms with Crippen LogP contribution >= 0.6 is 0 Å². The van der Waals surface area contributed by atoms with Crippen LogP contribution in [0, 0.1) is 0 Å². The Labute approximate surface area is 191 Å². The van der Waals surface area contributed by atoms with E-state index in [1.165, 1.54) is 0 Å². The quantitative estimate of drug-likeness (QED) is 0.412. The van der Waals surface area contributed by atoms with Crippen molar-refractivity contribution in [2.45, 2.75) is 19.4 Å². The van der Waals surface area contributed by atoms with Gasteiger partial charge in [0.2, 0.25) is 17.8 Å². The van der Waals surface area contributed by atoms with Crippen LogP contribution in [0.5, 0.6) is 0 Å². The lowest BCUT2D eigenvalue weighted by Crippen LogP contribution is -2.13. The zero-order chi connectivity index (χ0) is 22.8. The van der Waals surface area contributed by atoms with Crippen molar-refractivity contribution < 1.29 is 4.79 Å². The van der Waals surface area contributed by atoms with Crippen LogP contribution in [-0.2, 0) is 4.79 Å². The monoisotopic (exact) mass is 437 g/mol. The molecule has 1 aliphatic heterocycles. The number of amides is 1. The van der Waals surface area contributed by atoms with Gasteiger partial charge in [0, 0.05) is 16.9 Å². The fourth-order valence-electron chi connectivity index (χ4n) is 3.71. The standard InChI is InChI=1S/C25H23N7O/c1-16(18-9-5-3-6-10-18)28-24-30-23-20(13-19-14-22(33)27-17(19)2)15-26-32(23)25(31-24)29-21-11-7-4-8-12-21/h3-13,15-16H,2,14H2,1H3,(H,27,33)(H2,28,29,30,31)/b19-13+/t16-/m0/s1. The van der Waals surface area contributed by atoms with Gasteiger partial charge in [-0.1, -0.05) is 55.1 Å². The third-order valence-electron chi connectivity index (χ3n) is 5.43. The Hall–Kier alpha value is -4.46. The zero-order valence-electron chi connectivity index (χ0n) is 18.1. The molecular weight excluding hydrogens is 414 g/mol. The van der Waals surface area contributed by atoms with Crippen LogP contribution < -0.4 is 16.0 Å². The van der Waals surface area contributed by atoms with Gasteiger partial charge in [0.1, 0.15) is 0 Å². The van der Waals surface area contributed by atoms with Crippen LogP contribution in [0.25, 0.3) is 11.7 Å². The van der Waals surface area contributed by atoms with Crippen molar-refractivity contribution in [2.24, 2.45) is 0 Å². The molecule has 1 fully saturated rings. The van der Waals surface area contributed by atoms with Gasteiger partial charge in [0.25, 0.3) is 0 Å². The van der Waals surface area contributed by atoms with Crippen molar-refractivity contribution in [2.75, 3.05) is 10.6 Å². The van der Waals surface area contributed by atoms with E-state index < -0.39 is 0 Å². The molecule has 0 saturated carbocycles. The molecule has 33 heavy (non-hydrogen) atoms. The molecule has 1 saturated heterocycles. The maximum atomic E-state index is 11.7. The predicted molar refractivity (Wildman–Crippen MR) is 129 cm³/mol. The molecule has 8 nitrogen and oxygen atoms in total. The summed E-state index contributed by atoms with van der Waals surface area (Å²) in [5.74, 6) is 0.928. The third-order valence-corrected chi connectivity index (χ3v) is 5.43. The first kappa shape index (κ1) is 20.4. The van der Waals surface area contributed by atoms with Crippen LogP contribution in [-0.4, -0.2) is 25.5 Å². The lowest BCUT2D eigenvalue weighted by molar-refractivity contribution is -0.118. The van der Waals surface area contributed by atoms with E-state index in [9.17, 15) is 4.79 Å². The maximum Gasteiger partial charge on any atom is 0.233 e. The molecule has 164 valence electrons. The van der Waals surface area contributed by atoms with Crippen LogP contribution in [0.2, 0.25) is 0 Å². The van der Waals surface area contributed by atoms with Gasteiger partial charge in [-0.25, -0.2) is 0 Å². The first-order valence-corrected chi connectivity index (χ1v) is 10.7. The summed E-state index contributed by atoms with van der Waals surface area (Å²) in [5.41, 5.74) is 4.82. The number of carbonyl (C=O) groups excluding carboxylic acids is 1. The van der Waals surface area contributed by atoms with E-state index in [0.29, 0.717) is 23.2 Å². The number of fused-ring (bicyclic) bond motifs is 1. The second-order valence-electron chi connectivity index (χ2n) is 7.85. The Balaban J connectivity index is 1.57. The SMILES string of the molecule is C=C1NC(=O)C/C1=C\c1cnn2c(Nc3ccccc3)nc(N[C@@H](C)c3ccccc3)nc12. The molecule has 0 bridgehead atoms. The van der Waals surface area contributed by atoms with Gasteiger partial charge < -0.3 is 16.0 Å². The Morgan fingerprint density at radius 3 is 2.52 bits per heavy atom. The van der Waals surface area contributed by atoms with E-state index in [2.05, 4.69) is 46.7 Å². The largest absolute Gasteiger partial charge is 0.348 e. The highest BCUT2D eigenvalue weighted by Crippen LogP contribution is 2.26. The molecule has 1 amide bonds. The Kier molecular flexibility index (Phi) is 5.32. The van der Waals surface area contributed by atoms with Gasteiger partial charge >= 0.3 is 0 Å². The smallest absolute Gasteiger partial charge is 0.233 e. The summed E-state index contributed by atoms with van der Waals surface area (Å²) in [6.07, 6.45) is 3.90. The van der Waals surface area contributed by atoms with Gasteiger partial charge in [-0.2, -0.15) is 19.6 Å². The molecule has 4 aromatic rings. The van der Waals surface area contributed by atoms with E-state index in [1.807, 2.05) is 54.6 Å². The fourth-order valence-corrected chi connectivity index (χ4v) is 3.71.